The number of aliphatic hydroxyl groups is 1. The first-order valence-corrected chi connectivity index (χ1v) is 8.64. The molecule has 4 nitrogen and oxygen atoms in total. The Morgan fingerprint density at radius 3 is 2.61 bits per heavy atom. The van der Waals surface area contributed by atoms with Gasteiger partial charge >= 0.3 is 5.97 Å². The molecule has 0 aliphatic rings. The second-order valence-corrected chi connectivity index (χ2v) is 6.25. The van der Waals surface area contributed by atoms with E-state index in [1.807, 2.05) is 32.0 Å². The van der Waals surface area contributed by atoms with Gasteiger partial charge in [-0.2, -0.15) is 0 Å². The summed E-state index contributed by atoms with van der Waals surface area (Å²) >= 11 is 2.06. The van der Waals surface area contributed by atoms with Crippen LogP contribution in [0.4, 0.5) is 0 Å². The summed E-state index contributed by atoms with van der Waals surface area (Å²) < 4.78 is 11.7. The van der Waals surface area contributed by atoms with Crippen molar-refractivity contribution in [2.24, 2.45) is 0 Å². The summed E-state index contributed by atoms with van der Waals surface area (Å²) in [5.74, 6) is 1.34. The lowest BCUT2D eigenvalue weighted by atomic mass is 10.1. The van der Waals surface area contributed by atoms with Gasteiger partial charge in [-0.15, -0.1) is 0 Å². The van der Waals surface area contributed by atoms with Gasteiger partial charge in [-0.25, -0.2) is 0 Å². The van der Waals surface area contributed by atoms with E-state index in [4.69, 9.17) is 9.47 Å². The monoisotopic (exact) mass is 430 g/mol. The van der Waals surface area contributed by atoms with Crippen LogP contribution in [-0.4, -0.2) is 17.7 Å². The highest BCUT2D eigenvalue weighted by Crippen LogP contribution is 2.26. The van der Waals surface area contributed by atoms with E-state index >= 15 is 0 Å². The SMILES string of the molecule is CCOC(=O)Cc1ccc(C)cc1O/C(=C/C(I)=C(\C)O)CC. The molecule has 5 heteroatoms. The molecule has 0 radical (unpaired) electrons. The first kappa shape index (κ1) is 19.5. The number of aryl methyl sites for hydroxylation is 1. The van der Waals surface area contributed by atoms with Crippen molar-refractivity contribution >= 4 is 28.6 Å². The number of allylic oxidation sites excluding steroid dienone is 4. The third-order valence-electron chi connectivity index (χ3n) is 3.09. The molecule has 1 rings (SSSR count). The molecule has 0 aromatic heterocycles. The van der Waals surface area contributed by atoms with Crippen molar-refractivity contribution in [3.05, 3.63) is 50.5 Å². The highest BCUT2D eigenvalue weighted by atomic mass is 127. The molecule has 0 aliphatic heterocycles. The zero-order valence-electron chi connectivity index (χ0n) is 14.0. The zero-order valence-corrected chi connectivity index (χ0v) is 16.1. The molecule has 1 N–H and O–H groups in total. The number of ether oxygens (including phenoxy) is 2. The molecule has 0 aliphatic carbocycles. The van der Waals surface area contributed by atoms with E-state index in [2.05, 4.69) is 22.6 Å². The van der Waals surface area contributed by atoms with Gasteiger partial charge in [-0.3, -0.25) is 4.79 Å². The summed E-state index contributed by atoms with van der Waals surface area (Å²) in [5.41, 5.74) is 1.83. The van der Waals surface area contributed by atoms with Crippen LogP contribution in [0.3, 0.4) is 0 Å². The topological polar surface area (TPSA) is 55.8 Å². The lowest BCUT2D eigenvalue weighted by Crippen LogP contribution is -2.09. The van der Waals surface area contributed by atoms with Crippen LogP contribution in [0, 0.1) is 6.92 Å². The molecule has 0 fully saturated rings. The molecule has 0 saturated carbocycles. The first-order valence-electron chi connectivity index (χ1n) is 7.56. The zero-order chi connectivity index (χ0) is 17.4. The van der Waals surface area contributed by atoms with E-state index in [-0.39, 0.29) is 18.1 Å². The molecule has 0 saturated heterocycles. The van der Waals surface area contributed by atoms with Crippen molar-refractivity contribution in [1.82, 2.24) is 0 Å². The number of hydrogen-bond acceptors (Lipinski definition) is 4. The van der Waals surface area contributed by atoms with Gasteiger partial charge in [-0.1, -0.05) is 19.1 Å². The summed E-state index contributed by atoms with van der Waals surface area (Å²) in [5, 5.41) is 9.52. The van der Waals surface area contributed by atoms with Crippen molar-refractivity contribution in [2.45, 2.75) is 40.5 Å². The Labute approximate surface area is 151 Å². The number of carbonyl (C=O) groups excluding carboxylic acids is 1. The Morgan fingerprint density at radius 1 is 1.35 bits per heavy atom. The van der Waals surface area contributed by atoms with Crippen LogP contribution in [0.1, 0.15) is 38.3 Å². The number of aliphatic hydroxyl groups excluding tert-OH is 1. The van der Waals surface area contributed by atoms with Crippen LogP contribution in [0.25, 0.3) is 0 Å². The van der Waals surface area contributed by atoms with Crippen LogP contribution in [-0.2, 0) is 16.0 Å². The van der Waals surface area contributed by atoms with Gasteiger partial charge in [0.2, 0.25) is 0 Å². The van der Waals surface area contributed by atoms with Gasteiger partial charge in [0.1, 0.15) is 17.3 Å². The number of carbonyl (C=O) groups is 1. The quantitative estimate of drug-likeness (QED) is 0.286. The highest BCUT2D eigenvalue weighted by molar-refractivity contribution is 14.1. The van der Waals surface area contributed by atoms with Gasteiger partial charge in [0, 0.05) is 12.0 Å². The van der Waals surface area contributed by atoms with Crippen LogP contribution in [0.15, 0.2) is 39.4 Å². The minimum absolute atomic E-state index is 0.173. The van der Waals surface area contributed by atoms with E-state index in [9.17, 15) is 9.90 Å². The van der Waals surface area contributed by atoms with Crippen LogP contribution in [0.5, 0.6) is 5.75 Å². The summed E-state index contributed by atoms with van der Waals surface area (Å²) in [4.78, 5) is 11.7. The second kappa shape index (κ2) is 9.60. The van der Waals surface area contributed by atoms with E-state index < -0.39 is 0 Å². The Hall–Kier alpha value is -1.50. The van der Waals surface area contributed by atoms with E-state index in [1.165, 1.54) is 0 Å². The molecule has 0 spiro atoms. The normalized spacial score (nSPS) is 12.7. The summed E-state index contributed by atoms with van der Waals surface area (Å²) in [6, 6.07) is 5.73. The van der Waals surface area contributed by atoms with Gasteiger partial charge < -0.3 is 14.6 Å². The molecular weight excluding hydrogens is 407 g/mol. The Morgan fingerprint density at radius 2 is 2.04 bits per heavy atom. The molecule has 1 aromatic carbocycles. The van der Waals surface area contributed by atoms with Crippen molar-refractivity contribution in [2.75, 3.05) is 6.61 Å². The van der Waals surface area contributed by atoms with E-state index in [1.54, 1.807) is 19.9 Å². The molecular formula is C18H23IO4. The summed E-state index contributed by atoms with van der Waals surface area (Å²) in [6.45, 7) is 7.72. The number of benzene rings is 1. The average molecular weight is 430 g/mol. The second-order valence-electron chi connectivity index (χ2n) is 5.09. The fourth-order valence-electron chi connectivity index (χ4n) is 1.86. The Kier molecular flexibility index (Phi) is 8.16. The van der Waals surface area contributed by atoms with Gasteiger partial charge in [0.25, 0.3) is 0 Å². The number of hydrogen-bond donors (Lipinski definition) is 1. The third kappa shape index (κ3) is 6.64. The summed E-state index contributed by atoms with van der Waals surface area (Å²) in [6.07, 6.45) is 2.64. The maximum absolute atomic E-state index is 11.7. The fourth-order valence-corrected chi connectivity index (χ4v) is 2.21. The smallest absolute Gasteiger partial charge is 0.310 e. The van der Waals surface area contributed by atoms with Gasteiger partial charge in [0.05, 0.1) is 16.6 Å². The van der Waals surface area contributed by atoms with E-state index in [0.717, 1.165) is 20.5 Å². The molecule has 0 amide bonds. The third-order valence-corrected chi connectivity index (χ3v) is 4.18. The molecule has 1 aromatic rings. The number of halogens is 1. The average Bonchev–Trinajstić information content (AvgIpc) is 2.49. The van der Waals surface area contributed by atoms with Gasteiger partial charge in [0.15, 0.2) is 0 Å². The lowest BCUT2D eigenvalue weighted by molar-refractivity contribution is -0.142. The minimum atomic E-state index is -0.274. The Bertz CT molecular complexity index is 613. The van der Waals surface area contributed by atoms with E-state index in [0.29, 0.717) is 18.8 Å². The van der Waals surface area contributed by atoms with Crippen molar-refractivity contribution in [3.63, 3.8) is 0 Å². The lowest BCUT2D eigenvalue weighted by Gasteiger charge is -2.14. The Balaban J connectivity index is 3.08. The molecule has 126 valence electrons. The molecule has 0 atom stereocenters. The van der Waals surface area contributed by atoms with Crippen molar-refractivity contribution in [3.8, 4) is 5.75 Å². The fraction of sp³-hybridized carbons (Fsp3) is 0.389. The van der Waals surface area contributed by atoms with Crippen LogP contribution in [0.2, 0.25) is 0 Å². The number of rotatable bonds is 7. The maximum atomic E-state index is 11.7. The summed E-state index contributed by atoms with van der Waals surface area (Å²) in [7, 11) is 0. The minimum Gasteiger partial charge on any atom is -0.512 e. The van der Waals surface area contributed by atoms with Crippen LogP contribution >= 0.6 is 22.6 Å². The number of esters is 1. The van der Waals surface area contributed by atoms with Crippen molar-refractivity contribution in [1.29, 1.82) is 0 Å². The predicted molar refractivity (Wildman–Crippen MR) is 99.9 cm³/mol. The maximum Gasteiger partial charge on any atom is 0.310 e. The van der Waals surface area contributed by atoms with Gasteiger partial charge in [-0.05, 0) is 61.1 Å². The molecule has 0 unspecified atom stereocenters. The molecule has 0 heterocycles. The molecule has 23 heavy (non-hydrogen) atoms. The predicted octanol–water partition coefficient (Wildman–Crippen LogP) is 5.00. The molecule has 0 bridgehead atoms. The highest BCUT2D eigenvalue weighted by Gasteiger charge is 2.12. The largest absolute Gasteiger partial charge is 0.512 e. The van der Waals surface area contributed by atoms with Crippen molar-refractivity contribution < 1.29 is 19.4 Å². The first-order chi connectivity index (χ1) is 10.9. The standard InChI is InChI=1S/C18H23IO4/c1-5-15(11-16(19)13(4)20)23-17-9-12(3)7-8-14(17)10-18(21)22-6-2/h7-9,11,20H,5-6,10H2,1-4H3/b15-11+,16-13-. The van der Waals surface area contributed by atoms with Crippen LogP contribution < -0.4 is 4.74 Å².